The van der Waals surface area contributed by atoms with Gasteiger partial charge in [0.25, 0.3) is 0 Å². The van der Waals surface area contributed by atoms with E-state index in [1.165, 1.54) is 12.1 Å². The maximum Gasteiger partial charge on any atom is 0.433 e. The van der Waals surface area contributed by atoms with Crippen molar-refractivity contribution in [1.29, 1.82) is 0 Å². The third kappa shape index (κ3) is 6.54. The minimum absolute atomic E-state index is 0. The number of nitrogens with one attached hydrogen (secondary N) is 1. The van der Waals surface area contributed by atoms with E-state index < -0.39 is 29.4 Å². The molecule has 0 aromatic carbocycles. The molecule has 2 heterocycles. The molecular weight excluding hydrogens is 362 g/mol. The molecule has 0 aliphatic carbocycles. The Hall–Kier alpha value is -1.03. The van der Waals surface area contributed by atoms with Gasteiger partial charge in [0.15, 0.2) is 0 Å². The van der Waals surface area contributed by atoms with Gasteiger partial charge in [-0.2, -0.15) is 13.2 Å². The second kappa shape index (κ2) is 9.31. The van der Waals surface area contributed by atoms with Gasteiger partial charge in [0.05, 0.1) is 12.1 Å². The van der Waals surface area contributed by atoms with E-state index in [1.54, 1.807) is 0 Å². The van der Waals surface area contributed by atoms with E-state index in [0.717, 1.165) is 0 Å². The highest BCUT2D eigenvalue weighted by Gasteiger charge is 2.33. The molecule has 1 aromatic rings. The van der Waals surface area contributed by atoms with Crippen LogP contribution >= 0.6 is 24.8 Å². The Morgan fingerprint density at radius 1 is 1.30 bits per heavy atom. The minimum atomic E-state index is -4.26. The van der Waals surface area contributed by atoms with E-state index in [2.05, 4.69) is 5.32 Å². The van der Waals surface area contributed by atoms with Gasteiger partial charge in [-0.1, -0.05) is 0 Å². The van der Waals surface area contributed by atoms with E-state index in [9.17, 15) is 23.3 Å². The first-order chi connectivity index (χ1) is 9.87. The first-order valence-electron chi connectivity index (χ1n) is 6.62. The molecule has 0 bridgehead atoms. The number of rotatable bonds is 5. The fourth-order valence-electron chi connectivity index (χ4n) is 2.42. The highest BCUT2D eigenvalue weighted by molar-refractivity contribution is 5.85. The zero-order valence-corrected chi connectivity index (χ0v) is 13.7. The van der Waals surface area contributed by atoms with Crippen LogP contribution in [-0.4, -0.2) is 42.2 Å². The average Bonchev–Trinajstić information content (AvgIpc) is 2.89. The van der Waals surface area contributed by atoms with Crippen LogP contribution < -0.4 is 5.32 Å². The molecule has 0 radical (unpaired) electrons. The average molecular weight is 380 g/mol. The van der Waals surface area contributed by atoms with Crippen LogP contribution in [-0.2, 0) is 0 Å². The summed E-state index contributed by atoms with van der Waals surface area (Å²) in [5.74, 6) is -0.231. The Morgan fingerprint density at radius 3 is 2.39 bits per heavy atom. The first-order valence-corrected chi connectivity index (χ1v) is 6.62. The van der Waals surface area contributed by atoms with Crippen LogP contribution in [0.3, 0.4) is 0 Å². The zero-order chi connectivity index (χ0) is 15.5. The molecule has 1 aliphatic heterocycles. The number of nitrogens with zero attached hydrogens (tertiary/aromatic N) is 2. The van der Waals surface area contributed by atoms with Crippen molar-refractivity contribution in [2.45, 2.75) is 25.1 Å². The quantitative estimate of drug-likeness (QED) is 0.627. The minimum Gasteiger partial charge on any atom is -0.404 e. The van der Waals surface area contributed by atoms with Gasteiger partial charge >= 0.3 is 12.1 Å². The highest BCUT2D eigenvalue weighted by Crippen LogP contribution is 2.33. The van der Waals surface area contributed by atoms with Crippen molar-refractivity contribution >= 4 is 30.7 Å². The summed E-state index contributed by atoms with van der Waals surface area (Å²) in [7, 11) is 0. The van der Waals surface area contributed by atoms with E-state index in [4.69, 9.17) is 4.42 Å². The summed E-state index contributed by atoms with van der Waals surface area (Å²) in [4.78, 5) is 11.8. The summed E-state index contributed by atoms with van der Waals surface area (Å²) in [5.41, 5.74) is 0. The molecular formula is C12H18Cl2F3N3O3. The van der Waals surface area contributed by atoms with Crippen LogP contribution in [0.25, 0.3) is 0 Å². The van der Waals surface area contributed by atoms with Crippen LogP contribution in [0.4, 0.5) is 19.1 Å². The Labute approximate surface area is 143 Å². The fraction of sp³-hybridized carbons (Fsp3) is 0.667. The van der Waals surface area contributed by atoms with Gasteiger partial charge in [0, 0.05) is 32.6 Å². The largest absolute Gasteiger partial charge is 0.433 e. The highest BCUT2D eigenvalue weighted by atomic mass is 35.5. The molecule has 1 fully saturated rings. The molecule has 0 amide bonds. The topological polar surface area (TPSA) is 71.6 Å². The molecule has 6 nitrogen and oxygen atoms in total. The molecule has 23 heavy (non-hydrogen) atoms. The fourth-order valence-corrected chi connectivity index (χ4v) is 2.42. The molecule has 1 aromatic heterocycles. The molecule has 134 valence electrons. The van der Waals surface area contributed by atoms with Crippen molar-refractivity contribution < 1.29 is 22.5 Å². The summed E-state index contributed by atoms with van der Waals surface area (Å²) in [5, 5.41) is 13.8. The van der Waals surface area contributed by atoms with Gasteiger partial charge in [0.1, 0.15) is 10.7 Å². The number of hydrogen-bond donors (Lipinski definition) is 1. The lowest BCUT2D eigenvalue weighted by molar-refractivity contribution is -0.402. The lowest BCUT2D eigenvalue weighted by Gasteiger charge is -2.33. The van der Waals surface area contributed by atoms with Crippen LogP contribution in [0.2, 0.25) is 0 Å². The Balaban J connectivity index is 0.00000242. The molecule has 0 spiro atoms. The smallest absolute Gasteiger partial charge is 0.404 e. The van der Waals surface area contributed by atoms with E-state index in [-0.39, 0.29) is 37.0 Å². The predicted octanol–water partition coefficient (Wildman–Crippen LogP) is 3.32. The summed E-state index contributed by atoms with van der Waals surface area (Å²) in [6, 6.07) is 1.97. The summed E-state index contributed by atoms with van der Waals surface area (Å²) >= 11 is 0. The van der Waals surface area contributed by atoms with Crippen molar-refractivity contribution in [3.8, 4) is 0 Å². The number of alkyl halides is 3. The van der Waals surface area contributed by atoms with Gasteiger partial charge in [-0.3, -0.25) is 15.0 Å². The third-order valence-corrected chi connectivity index (χ3v) is 3.41. The maximum absolute atomic E-state index is 12.5. The van der Waals surface area contributed by atoms with Gasteiger partial charge in [-0.15, -0.1) is 24.8 Å². The lowest BCUT2D eigenvalue weighted by atomic mass is 10.1. The number of halogens is 5. The summed E-state index contributed by atoms with van der Waals surface area (Å²) in [6.45, 7) is 2.50. The van der Waals surface area contributed by atoms with Gasteiger partial charge in [-0.05, 0) is 12.5 Å². The molecule has 0 unspecified atom stereocenters. The van der Waals surface area contributed by atoms with E-state index in [0.29, 0.717) is 26.2 Å². The summed E-state index contributed by atoms with van der Waals surface area (Å²) < 4.78 is 42.5. The maximum atomic E-state index is 12.5. The number of piperazine rings is 1. The monoisotopic (exact) mass is 379 g/mol. The van der Waals surface area contributed by atoms with Gasteiger partial charge < -0.3 is 9.73 Å². The van der Waals surface area contributed by atoms with Crippen LogP contribution in [0.1, 0.15) is 24.6 Å². The Morgan fingerprint density at radius 2 is 1.91 bits per heavy atom. The third-order valence-electron chi connectivity index (χ3n) is 3.41. The molecule has 1 N–H and O–H groups in total. The Bertz CT molecular complexity index is 493. The van der Waals surface area contributed by atoms with E-state index in [1.807, 2.05) is 4.90 Å². The molecule has 1 aliphatic rings. The predicted molar refractivity (Wildman–Crippen MR) is 82.3 cm³/mol. The molecule has 2 rings (SSSR count). The molecule has 0 saturated carbocycles. The van der Waals surface area contributed by atoms with Crippen LogP contribution in [0, 0.1) is 10.1 Å². The molecule has 1 saturated heterocycles. The van der Waals surface area contributed by atoms with Crippen LogP contribution in [0.15, 0.2) is 16.5 Å². The van der Waals surface area contributed by atoms with Crippen molar-refractivity contribution in [3.63, 3.8) is 0 Å². The van der Waals surface area contributed by atoms with Crippen LogP contribution in [0.5, 0.6) is 0 Å². The SMILES string of the molecule is Cl.Cl.O=[N+]([O-])c1ccc([C@@H](CCC(F)(F)F)N2CCNCC2)o1. The molecule has 1 atom stereocenters. The van der Waals surface area contributed by atoms with Gasteiger partial charge in [-0.25, -0.2) is 0 Å². The van der Waals surface area contributed by atoms with E-state index >= 15 is 0 Å². The second-order valence-electron chi connectivity index (χ2n) is 4.89. The Kier molecular flexibility index (Phi) is 8.89. The number of hydrogen-bond acceptors (Lipinski definition) is 5. The number of nitro groups is 1. The first kappa shape index (κ1) is 22.0. The lowest BCUT2D eigenvalue weighted by Crippen LogP contribution is -2.45. The second-order valence-corrected chi connectivity index (χ2v) is 4.89. The van der Waals surface area contributed by atoms with Crippen molar-refractivity contribution in [3.05, 3.63) is 28.0 Å². The normalized spacial score (nSPS) is 17.0. The molecule has 11 heteroatoms. The van der Waals surface area contributed by atoms with Crippen molar-refractivity contribution in [1.82, 2.24) is 10.2 Å². The standard InChI is InChI=1S/C12H16F3N3O3.2ClH/c13-12(14,15)4-3-9(17-7-5-16-6-8-17)10-1-2-11(21-10)18(19)20;;/h1-2,9,16H,3-8H2;2*1H/t9-;;/m1../s1. The summed E-state index contributed by atoms with van der Waals surface area (Å²) in [6.07, 6.45) is -5.38. The number of furan rings is 1. The van der Waals surface area contributed by atoms with Crippen molar-refractivity contribution in [2.75, 3.05) is 26.2 Å². The van der Waals surface area contributed by atoms with Crippen molar-refractivity contribution in [2.24, 2.45) is 0 Å². The van der Waals surface area contributed by atoms with Gasteiger partial charge in [0.2, 0.25) is 0 Å². The zero-order valence-electron chi connectivity index (χ0n) is 12.0.